The van der Waals surface area contributed by atoms with Crippen LogP contribution in [0, 0.1) is 5.82 Å². The highest BCUT2D eigenvalue weighted by atomic mass is 35.5. The van der Waals surface area contributed by atoms with Crippen molar-refractivity contribution in [3.05, 3.63) is 84.2 Å². The average Bonchev–Trinajstić information content (AvgIpc) is 3.22. The Morgan fingerprint density at radius 2 is 1.76 bits per heavy atom. The first-order valence-electron chi connectivity index (χ1n) is 10.7. The van der Waals surface area contributed by atoms with Gasteiger partial charge in [-0.05, 0) is 54.6 Å². The van der Waals surface area contributed by atoms with Gasteiger partial charge in [-0.1, -0.05) is 11.6 Å². The number of pyridine rings is 2. The van der Waals surface area contributed by atoms with Crippen LogP contribution in [0.1, 0.15) is 6.92 Å². The molecular formula is C24H17ClFN7O3S. The number of halogens is 2. The van der Waals surface area contributed by atoms with E-state index >= 15 is 0 Å². The predicted molar refractivity (Wildman–Crippen MR) is 136 cm³/mol. The first-order valence-corrected chi connectivity index (χ1v) is 12.6. The number of carbonyl (C=O) groups is 1. The van der Waals surface area contributed by atoms with Crippen molar-refractivity contribution >= 4 is 44.7 Å². The molecule has 0 radical (unpaired) electrons. The minimum Gasteiger partial charge on any atom is -0.309 e. The monoisotopic (exact) mass is 537 g/mol. The number of rotatable bonds is 6. The lowest BCUT2D eigenvalue weighted by atomic mass is 10.2. The zero-order valence-electron chi connectivity index (χ0n) is 19.1. The van der Waals surface area contributed by atoms with Gasteiger partial charge in [-0.15, -0.1) is 0 Å². The van der Waals surface area contributed by atoms with Crippen molar-refractivity contribution in [2.45, 2.75) is 11.8 Å². The lowest BCUT2D eigenvalue weighted by molar-refractivity contribution is -0.114. The average molecular weight is 538 g/mol. The Morgan fingerprint density at radius 3 is 2.46 bits per heavy atom. The molecule has 0 aliphatic carbocycles. The first kappa shape index (κ1) is 24.3. The smallest absolute Gasteiger partial charge is 0.261 e. The maximum atomic E-state index is 13.2. The molecule has 5 rings (SSSR count). The summed E-state index contributed by atoms with van der Waals surface area (Å²) < 4.78 is 42.8. The summed E-state index contributed by atoms with van der Waals surface area (Å²) in [6.07, 6.45) is 4.67. The number of carbonyl (C=O) groups excluding carboxylic acids is 1. The van der Waals surface area contributed by atoms with Gasteiger partial charge in [0.15, 0.2) is 16.6 Å². The zero-order valence-corrected chi connectivity index (χ0v) is 20.6. The highest BCUT2D eigenvalue weighted by molar-refractivity contribution is 7.92. The van der Waals surface area contributed by atoms with E-state index in [1.165, 1.54) is 19.2 Å². The number of nitrogens with zero attached hydrogens (tertiary/aromatic N) is 5. The fourth-order valence-corrected chi connectivity index (χ4v) is 4.85. The largest absolute Gasteiger partial charge is 0.309 e. The van der Waals surface area contributed by atoms with Gasteiger partial charge < -0.3 is 5.32 Å². The van der Waals surface area contributed by atoms with Crippen LogP contribution < -0.4 is 10.0 Å². The molecule has 5 aromatic rings. The molecule has 10 nitrogen and oxygen atoms in total. The van der Waals surface area contributed by atoms with Gasteiger partial charge in [0.1, 0.15) is 11.5 Å². The van der Waals surface area contributed by atoms with E-state index in [1.54, 1.807) is 41.2 Å². The fourth-order valence-electron chi connectivity index (χ4n) is 3.59. The van der Waals surface area contributed by atoms with E-state index in [4.69, 9.17) is 11.6 Å². The summed E-state index contributed by atoms with van der Waals surface area (Å²) >= 11 is 6.17. The number of amides is 1. The number of fused-ring (bicyclic) bond motifs is 1. The van der Waals surface area contributed by atoms with E-state index in [-0.39, 0.29) is 21.6 Å². The molecule has 0 saturated carbocycles. The van der Waals surface area contributed by atoms with Crippen molar-refractivity contribution in [3.63, 3.8) is 0 Å². The number of hydrogen-bond acceptors (Lipinski definition) is 7. The molecule has 0 unspecified atom stereocenters. The highest BCUT2D eigenvalue weighted by Crippen LogP contribution is 2.31. The Hall–Kier alpha value is -4.42. The van der Waals surface area contributed by atoms with Crippen LogP contribution in [0.4, 0.5) is 15.9 Å². The summed E-state index contributed by atoms with van der Waals surface area (Å²) in [4.78, 5) is 24.2. The number of nitrogens with one attached hydrogen (secondary N) is 2. The topological polar surface area (TPSA) is 131 Å². The number of anilines is 2. The van der Waals surface area contributed by atoms with E-state index in [2.05, 4.69) is 30.1 Å². The van der Waals surface area contributed by atoms with Crippen LogP contribution in [0.25, 0.3) is 28.2 Å². The van der Waals surface area contributed by atoms with E-state index in [1.807, 2.05) is 0 Å². The van der Waals surface area contributed by atoms with E-state index in [0.29, 0.717) is 28.4 Å². The fraction of sp³-hybridized carbons (Fsp3) is 0.0417. The molecule has 0 fully saturated rings. The summed E-state index contributed by atoms with van der Waals surface area (Å²) in [6, 6.07) is 12.8. The van der Waals surface area contributed by atoms with E-state index in [9.17, 15) is 17.6 Å². The molecule has 37 heavy (non-hydrogen) atoms. The molecule has 2 N–H and O–H groups in total. The summed E-state index contributed by atoms with van der Waals surface area (Å²) in [6.45, 7) is 1.38. The van der Waals surface area contributed by atoms with Crippen LogP contribution in [-0.4, -0.2) is 38.9 Å². The van der Waals surface area contributed by atoms with Gasteiger partial charge in [-0.25, -0.2) is 27.3 Å². The van der Waals surface area contributed by atoms with Gasteiger partial charge in [0.25, 0.3) is 10.0 Å². The maximum Gasteiger partial charge on any atom is 0.261 e. The van der Waals surface area contributed by atoms with Gasteiger partial charge in [-0.2, -0.15) is 5.10 Å². The Morgan fingerprint density at radius 1 is 1.03 bits per heavy atom. The summed E-state index contributed by atoms with van der Waals surface area (Å²) in [7, 11) is -4.06. The minimum atomic E-state index is -4.06. The first-order chi connectivity index (χ1) is 17.7. The Bertz CT molecular complexity index is 1740. The standard InChI is InChI=1S/C24H17ClFN7O3S/c1-14(34)29-24-22(15-8-10-27-11-9-15)33-21(30-24)7-6-19(31-33)16-12-20(23(25)28-13-16)32-37(35,36)18-4-2-17(26)3-5-18/h2-13,32H,1H3,(H,29,34). The lowest BCUT2D eigenvalue weighted by Gasteiger charge is -2.11. The van der Waals surface area contributed by atoms with Crippen LogP contribution in [0.15, 0.2) is 78.1 Å². The van der Waals surface area contributed by atoms with Crippen LogP contribution in [0.5, 0.6) is 0 Å². The number of benzene rings is 1. The molecule has 0 aliphatic rings. The molecule has 4 heterocycles. The lowest BCUT2D eigenvalue weighted by Crippen LogP contribution is -2.13. The van der Waals surface area contributed by atoms with Crippen LogP contribution in [0.2, 0.25) is 5.15 Å². The van der Waals surface area contributed by atoms with Crippen LogP contribution in [-0.2, 0) is 14.8 Å². The number of sulfonamides is 1. The van der Waals surface area contributed by atoms with E-state index in [0.717, 1.165) is 29.8 Å². The van der Waals surface area contributed by atoms with Crippen molar-refractivity contribution in [2.75, 3.05) is 10.0 Å². The molecular weight excluding hydrogens is 521 g/mol. The third-order valence-corrected chi connectivity index (χ3v) is 6.91. The van der Waals surface area contributed by atoms with Gasteiger partial charge in [0.05, 0.1) is 16.3 Å². The van der Waals surface area contributed by atoms with Crippen LogP contribution in [0.3, 0.4) is 0 Å². The second-order valence-corrected chi connectivity index (χ2v) is 9.88. The van der Waals surface area contributed by atoms with Crippen molar-refractivity contribution in [1.82, 2.24) is 24.6 Å². The molecule has 13 heteroatoms. The molecule has 0 aliphatic heterocycles. The minimum absolute atomic E-state index is 0.0179. The van der Waals surface area contributed by atoms with Crippen molar-refractivity contribution in [3.8, 4) is 22.5 Å². The second-order valence-electron chi connectivity index (χ2n) is 7.84. The molecule has 1 amide bonds. The molecule has 0 spiro atoms. The third-order valence-electron chi connectivity index (χ3n) is 5.23. The highest BCUT2D eigenvalue weighted by Gasteiger charge is 2.20. The van der Waals surface area contributed by atoms with Gasteiger partial charge in [-0.3, -0.25) is 14.5 Å². The van der Waals surface area contributed by atoms with Crippen molar-refractivity contribution in [1.29, 1.82) is 0 Å². The molecule has 4 aromatic heterocycles. The summed E-state index contributed by atoms with van der Waals surface area (Å²) in [5.74, 6) is -0.529. The van der Waals surface area contributed by atoms with E-state index < -0.39 is 15.8 Å². The molecule has 1 aromatic carbocycles. The van der Waals surface area contributed by atoms with Gasteiger partial charge >= 0.3 is 0 Å². The number of aromatic nitrogens is 5. The normalized spacial score (nSPS) is 11.4. The van der Waals surface area contributed by atoms with Crippen molar-refractivity contribution in [2.24, 2.45) is 0 Å². The second kappa shape index (κ2) is 9.56. The van der Waals surface area contributed by atoms with Crippen molar-refractivity contribution < 1.29 is 17.6 Å². The number of hydrogen-bond donors (Lipinski definition) is 2. The Kier molecular flexibility index (Phi) is 6.27. The number of imidazole rings is 1. The summed E-state index contributed by atoms with van der Waals surface area (Å²) in [5, 5.41) is 7.31. The predicted octanol–water partition coefficient (Wildman–Crippen LogP) is 4.41. The van der Waals surface area contributed by atoms with Gasteiger partial charge in [0, 0.05) is 36.6 Å². The SMILES string of the molecule is CC(=O)Nc1nc2ccc(-c3cnc(Cl)c(NS(=O)(=O)c4ccc(F)cc4)c3)nn2c1-c1ccncc1. The molecule has 0 saturated heterocycles. The molecule has 0 bridgehead atoms. The molecule has 0 atom stereocenters. The maximum absolute atomic E-state index is 13.2. The zero-order chi connectivity index (χ0) is 26.2. The summed E-state index contributed by atoms with van der Waals surface area (Å²) in [5.41, 5.74) is 2.63. The molecule has 186 valence electrons. The van der Waals surface area contributed by atoms with Crippen LogP contribution >= 0.6 is 11.6 Å². The Labute approximate surface area is 215 Å². The third kappa shape index (κ3) is 4.97. The quantitative estimate of drug-likeness (QED) is 0.307. The Balaban J connectivity index is 1.58. The van der Waals surface area contributed by atoms with Gasteiger partial charge in [0.2, 0.25) is 5.91 Å².